The minimum absolute atomic E-state index is 0.173. The van der Waals surface area contributed by atoms with E-state index in [1.807, 2.05) is 22.6 Å². The summed E-state index contributed by atoms with van der Waals surface area (Å²) in [7, 11) is 0. The number of rotatable bonds is 0. The first-order chi connectivity index (χ1) is 4.61. The lowest BCUT2D eigenvalue weighted by Crippen LogP contribution is -1.83. The van der Waals surface area contributed by atoms with Crippen LogP contribution in [0.25, 0.3) is 0 Å². The van der Waals surface area contributed by atoms with Crippen molar-refractivity contribution in [3.63, 3.8) is 0 Å². The first-order valence-corrected chi connectivity index (χ1v) is 5.36. The second kappa shape index (κ2) is 3.66. The van der Waals surface area contributed by atoms with Crippen molar-refractivity contribution >= 4 is 61.1 Å². The lowest BCUT2D eigenvalue weighted by molar-refractivity contribution is 0.619. The van der Waals surface area contributed by atoms with Crippen molar-refractivity contribution in [1.82, 2.24) is 0 Å². The van der Waals surface area contributed by atoms with Gasteiger partial charge in [0.1, 0.15) is 5.82 Å². The van der Waals surface area contributed by atoms with E-state index in [0.29, 0.717) is 3.57 Å². The van der Waals surface area contributed by atoms with Crippen LogP contribution in [0.4, 0.5) is 4.39 Å². The van der Waals surface area contributed by atoms with Crippen molar-refractivity contribution in [3.05, 3.63) is 29.6 Å². The molecule has 0 spiro atoms. The summed E-state index contributed by atoms with van der Waals surface area (Å²) in [6.07, 6.45) is 0. The molecule has 0 radical (unpaired) electrons. The smallest absolute Gasteiger partial charge is 0.137 e. The Hall–Kier alpha value is 1.09. The molecular formula is C6H2BrFI2. The fourth-order valence-electron chi connectivity index (χ4n) is 0.498. The maximum absolute atomic E-state index is 12.7. The van der Waals surface area contributed by atoms with Crippen LogP contribution in [-0.4, -0.2) is 0 Å². The van der Waals surface area contributed by atoms with E-state index in [0.717, 1.165) is 8.04 Å². The van der Waals surface area contributed by atoms with Gasteiger partial charge in [-0.3, -0.25) is 0 Å². The van der Waals surface area contributed by atoms with Crippen molar-refractivity contribution in [2.45, 2.75) is 0 Å². The summed E-state index contributed by atoms with van der Waals surface area (Å²) in [6.45, 7) is 0. The number of benzene rings is 1. The van der Waals surface area contributed by atoms with E-state index in [4.69, 9.17) is 0 Å². The first-order valence-electron chi connectivity index (χ1n) is 2.41. The molecule has 54 valence electrons. The topological polar surface area (TPSA) is 0 Å². The molecule has 0 aliphatic carbocycles. The molecule has 4 heteroatoms. The van der Waals surface area contributed by atoms with Crippen LogP contribution in [0.15, 0.2) is 16.6 Å². The fraction of sp³-hybridized carbons (Fsp3) is 0. The number of hydrogen-bond donors (Lipinski definition) is 0. The molecule has 1 aromatic rings. The van der Waals surface area contributed by atoms with Gasteiger partial charge in [-0.05, 0) is 73.2 Å². The Labute approximate surface area is 94.0 Å². The van der Waals surface area contributed by atoms with E-state index >= 15 is 0 Å². The highest BCUT2D eigenvalue weighted by atomic mass is 127. The van der Waals surface area contributed by atoms with Gasteiger partial charge in [-0.1, -0.05) is 0 Å². The highest BCUT2D eigenvalue weighted by Crippen LogP contribution is 2.23. The molecule has 0 heterocycles. The van der Waals surface area contributed by atoms with Crippen LogP contribution in [0.1, 0.15) is 0 Å². The highest BCUT2D eigenvalue weighted by molar-refractivity contribution is 14.1. The van der Waals surface area contributed by atoms with Crippen molar-refractivity contribution < 1.29 is 4.39 Å². The van der Waals surface area contributed by atoms with E-state index in [2.05, 4.69) is 38.5 Å². The van der Waals surface area contributed by atoms with Crippen molar-refractivity contribution in [2.24, 2.45) is 0 Å². The van der Waals surface area contributed by atoms with Crippen molar-refractivity contribution in [2.75, 3.05) is 0 Å². The molecule has 0 nitrogen and oxygen atoms in total. The summed E-state index contributed by atoms with van der Waals surface area (Å²) in [5.74, 6) is -0.173. The first kappa shape index (κ1) is 9.18. The van der Waals surface area contributed by atoms with E-state index in [-0.39, 0.29) is 5.82 Å². The lowest BCUT2D eigenvalue weighted by Gasteiger charge is -1.97. The van der Waals surface area contributed by atoms with E-state index in [1.165, 1.54) is 6.07 Å². The van der Waals surface area contributed by atoms with Crippen LogP contribution in [-0.2, 0) is 0 Å². The van der Waals surface area contributed by atoms with Crippen LogP contribution >= 0.6 is 61.1 Å². The standard InChI is InChI=1S/C6H2BrFI2/c7-3-1-4(8)6(10)2-5(3)9/h1-2H. The van der Waals surface area contributed by atoms with Gasteiger partial charge in [0.15, 0.2) is 0 Å². The van der Waals surface area contributed by atoms with Crippen molar-refractivity contribution in [1.29, 1.82) is 0 Å². The predicted octanol–water partition coefficient (Wildman–Crippen LogP) is 3.80. The maximum atomic E-state index is 12.7. The molecular weight excluding hydrogens is 425 g/mol. The van der Waals surface area contributed by atoms with Crippen LogP contribution < -0.4 is 0 Å². The molecule has 0 aliphatic heterocycles. The molecule has 0 fully saturated rings. The summed E-state index contributed by atoms with van der Waals surface area (Å²) >= 11 is 7.34. The summed E-state index contributed by atoms with van der Waals surface area (Å²) in [4.78, 5) is 0. The third kappa shape index (κ3) is 2.04. The quantitative estimate of drug-likeness (QED) is 0.437. The SMILES string of the molecule is Fc1cc(Br)c(I)cc1I. The predicted molar refractivity (Wildman–Crippen MR) is 59.5 cm³/mol. The molecule has 0 aromatic heterocycles. The van der Waals surface area contributed by atoms with Crippen molar-refractivity contribution in [3.8, 4) is 0 Å². The van der Waals surface area contributed by atoms with Gasteiger partial charge >= 0.3 is 0 Å². The zero-order valence-corrected chi connectivity index (χ0v) is 10.6. The Morgan fingerprint density at radius 1 is 1.20 bits per heavy atom. The summed E-state index contributed by atoms with van der Waals surface area (Å²) in [5.41, 5.74) is 0. The Bertz CT molecular complexity index is 212. The van der Waals surface area contributed by atoms with Gasteiger partial charge in [0, 0.05) is 11.6 Å². The third-order valence-corrected chi connectivity index (χ3v) is 4.08. The Morgan fingerprint density at radius 2 is 1.80 bits per heavy atom. The van der Waals surface area contributed by atoms with Crippen LogP contribution in [0, 0.1) is 13.0 Å². The number of hydrogen-bond acceptors (Lipinski definition) is 0. The van der Waals surface area contributed by atoms with Crippen LogP contribution in [0.3, 0.4) is 0 Å². The molecule has 0 amide bonds. The summed E-state index contributed by atoms with van der Waals surface area (Å²) in [6, 6.07) is 3.27. The molecule has 1 aromatic carbocycles. The maximum Gasteiger partial charge on any atom is 0.137 e. The zero-order chi connectivity index (χ0) is 7.72. The van der Waals surface area contributed by atoms with Gasteiger partial charge in [-0.15, -0.1) is 0 Å². The Balaban J connectivity index is 3.28. The molecule has 0 atom stereocenters. The molecule has 0 saturated carbocycles. The molecule has 1 rings (SSSR count). The summed E-state index contributed by atoms with van der Waals surface area (Å²) in [5, 5.41) is 0. The molecule has 10 heavy (non-hydrogen) atoms. The van der Waals surface area contributed by atoms with Gasteiger partial charge in [0.25, 0.3) is 0 Å². The average Bonchev–Trinajstić information content (AvgIpc) is 1.84. The van der Waals surface area contributed by atoms with Gasteiger partial charge in [0.05, 0.1) is 0 Å². The Morgan fingerprint density at radius 3 is 2.30 bits per heavy atom. The summed E-state index contributed by atoms with van der Waals surface area (Å²) < 4.78 is 15.2. The Kier molecular flexibility index (Phi) is 3.36. The number of halogens is 4. The minimum Gasteiger partial charge on any atom is -0.206 e. The molecule has 0 bridgehead atoms. The lowest BCUT2D eigenvalue weighted by atomic mass is 10.4. The second-order valence-electron chi connectivity index (χ2n) is 1.68. The minimum atomic E-state index is -0.173. The van der Waals surface area contributed by atoms with E-state index in [1.54, 1.807) is 6.07 Å². The molecule has 0 saturated heterocycles. The van der Waals surface area contributed by atoms with Gasteiger partial charge in [-0.25, -0.2) is 4.39 Å². The van der Waals surface area contributed by atoms with Crippen LogP contribution in [0.2, 0.25) is 0 Å². The van der Waals surface area contributed by atoms with Gasteiger partial charge < -0.3 is 0 Å². The third-order valence-electron chi connectivity index (χ3n) is 0.963. The zero-order valence-electron chi connectivity index (χ0n) is 4.67. The average molecular weight is 427 g/mol. The van der Waals surface area contributed by atoms with Crippen LogP contribution in [0.5, 0.6) is 0 Å². The van der Waals surface area contributed by atoms with E-state index < -0.39 is 0 Å². The van der Waals surface area contributed by atoms with Gasteiger partial charge in [0.2, 0.25) is 0 Å². The van der Waals surface area contributed by atoms with E-state index in [9.17, 15) is 4.39 Å². The monoisotopic (exact) mass is 426 g/mol. The normalized spacial score (nSPS) is 10.0. The largest absolute Gasteiger partial charge is 0.206 e. The fourth-order valence-corrected chi connectivity index (χ4v) is 2.34. The second-order valence-corrected chi connectivity index (χ2v) is 4.86. The van der Waals surface area contributed by atoms with Gasteiger partial charge in [-0.2, -0.15) is 0 Å². The molecule has 0 unspecified atom stereocenters. The highest BCUT2D eigenvalue weighted by Gasteiger charge is 2.02. The molecule has 0 N–H and O–H groups in total. The molecule has 0 aliphatic rings.